The maximum absolute atomic E-state index is 12.4. The van der Waals surface area contributed by atoms with Gasteiger partial charge in [0, 0.05) is 35.7 Å². The van der Waals surface area contributed by atoms with Gasteiger partial charge < -0.3 is 20.0 Å². The van der Waals surface area contributed by atoms with Crippen LogP contribution in [0.15, 0.2) is 10.6 Å². The van der Waals surface area contributed by atoms with E-state index in [-0.39, 0.29) is 23.6 Å². The van der Waals surface area contributed by atoms with Crippen LogP contribution in [0.5, 0.6) is 0 Å². The fourth-order valence-electron chi connectivity index (χ4n) is 5.48. The summed E-state index contributed by atoms with van der Waals surface area (Å²) in [6, 6.07) is -0.207. The third-order valence-electron chi connectivity index (χ3n) is 7.18. The third kappa shape index (κ3) is 3.39. The van der Waals surface area contributed by atoms with E-state index < -0.39 is 18.0 Å². The molecule has 7 heteroatoms. The quantitative estimate of drug-likeness (QED) is 0.657. The first-order valence-corrected chi connectivity index (χ1v) is 11.5. The van der Waals surface area contributed by atoms with E-state index in [1.165, 1.54) is 37.1 Å². The molecule has 28 heavy (non-hydrogen) atoms. The molecule has 156 valence electrons. The van der Waals surface area contributed by atoms with Crippen LogP contribution in [0.2, 0.25) is 0 Å². The Kier molecular flexibility index (Phi) is 5.53. The summed E-state index contributed by atoms with van der Waals surface area (Å²) < 4.78 is 0. The van der Waals surface area contributed by atoms with Crippen molar-refractivity contribution in [3.8, 4) is 0 Å². The van der Waals surface area contributed by atoms with Gasteiger partial charge in [-0.15, -0.1) is 11.8 Å². The van der Waals surface area contributed by atoms with E-state index in [1.807, 2.05) is 6.92 Å². The molecule has 3 heterocycles. The summed E-state index contributed by atoms with van der Waals surface area (Å²) in [5, 5.41) is 20.1. The zero-order valence-corrected chi connectivity index (χ0v) is 17.8. The average Bonchev–Trinajstić information content (AvgIpc) is 2.83. The molecule has 0 unspecified atom stereocenters. The Bertz CT molecular complexity index is 680. The van der Waals surface area contributed by atoms with E-state index in [1.54, 1.807) is 18.7 Å². The van der Waals surface area contributed by atoms with E-state index in [0.29, 0.717) is 5.25 Å². The number of fused-ring (bicyclic) bond motifs is 1. The van der Waals surface area contributed by atoms with Gasteiger partial charge in [0.05, 0.1) is 18.1 Å². The molecule has 2 N–H and O–H groups in total. The van der Waals surface area contributed by atoms with Crippen LogP contribution >= 0.6 is 11.8 Å². The number of hydrogen-bond acceptors (Lipinski definition) is 5. The molecule has 0 aromatic carbocycles. The second-order valence-corrected chi connectivity index (χ2v) is 10.7. The molecule has 1 aliphatic carbocycles. The molecule has 4 aliphatic rings. The first kappa shape index (κ1) is 20.2. The van der Waals surface area contributed by atoms with Crippen LogP contribution in [0.25, 0.3) is 0 Å². The number of β-lactam (4-membered cyclic amide) rings is 1. The Hall–Kier alpha value is -1.05. The smallest absolute Gasteiger partial charge is 0.353 e. The molecular weight excluding hydrogens is 376 g/mol. The van der Waals surface area contributed by atoms with Gasteiger partial charge >= 0.3 is 5.97 Å². The number of carbonyl (C=O) groups is 2. The number of rotatable bonds is 6. The lowest BCUT2D eigenvalue weighted by Crippen LogP contribution is -2.63. The fraction of sp³-hybridized carbons (Fsp3) is 0.810. The number of aliphatic carboxylic acids is 1. The summed E-state index contributed by atoms with van der Waals surface area (Å²) in [7, 11) is 0. The molecule has 4 rings (SSSR count). The lowest BCUT2D eigenvalue weighted by Gasteiger charge is -2.46. The standard InChI is InChI=1S/C21H32N2O4S/c1-11-4-6-14(7-5-11)8-22-9-15(10-22)28-19-12(2)17-16(13(3)24)20(25)23(17)18(19)21(26)27/h11-17,24H,4-10H2,1-3H3,(H,26,27)/t11?,12-,13-,14?,16-,17-/m1/s1. The summed E-state index contributed by atoms with van der Waals surface area (Å²) in [5.74, 6) is -0.0906. The van der Waals surface area contributed by atoms with Crippen molar-refractivity contribution in [3.63, 3.8) is 0 Å². The fourth-order valence-corrected chi connectivity index (χ4v) is 7.06. The summed E-state index contributed by atoms with van der Waals surface area (Å²) in [6.45, 7) is 9.13. The van der Waals surface area contributed by atoms with E-state index in [2.05, 4.69) is 11.8 Å². The van der Waals surface area contributed by atoms with Crippen molar-refractivity contribution in [2.24, 2.45) is 23.7 Å². The number of nitrogens with zero attached hydrogens (tertiary/aromatic N) is 2. The molecule has 3 aliphatic heterocycles. The SMILES string of the molecule is CC1CCC(CN2CC(SC3=C(C(=O)O)N4C(=O)[C@H]([C@@H](C)O)[C@H]4[C@H]3C)C2)CC1. The molecule has 4 atom stereocenters. The Morgan fingerprint density at radius 2 is 1.86 bits per heavy atom. The second kappa shape index (κ2) is 7.65. The molecule has 0 aromatic heterocycles. The lowest BCUT2D eigenvalue weighted by atomic mass is 9.79. The molecular formula is C21H32N2O4S. The van der Waals surface area contributed by atoms with Gasteiger partial charge in [0.15, 0.2) is 0 Å². The maximum atomic E-state index is 12.4. The van der Waals surface area contributed by atoms with Crippen molar-refractivity contribution in [2.75, 3.05) is 19.6 Å². The monoisotopic (exact) mass is 408 g/mol. The molecule has 0 aromatic rings. The zero-order chi connectivity index (χ0) is 20.2. The van der Waals surface area contributed by atoms with Crippen LogP contribution in [0.4, 0.5) is 0 Å². The molecule has 3 fully saturated rings. The number of aliphatic hydroxyl groups is 1. The molecule has 6 nitrogen and oxygen atoms in total. The first-order valence-electron chi connectivity index (χ1n) is 10.7. The highest BCUT2D eigenvalue weighted by Gasteiger charge is 2.60. The Morgan fingerprint density at radius 3 is 2.43 bits per heavy atom. The molecule has 0 bridgehead atoms. The summed E-state index contributed by atoms with van der Waals surface area (Å²) in [6.07, 6.45) is 4.62. The minimum Gasteiger partial charge on any atom is -0.477 e. The highest BCUT2D eigenvalue weighted by Crippen LogP contribution is 2.52. The molecule has 0 radical (unpaired) electrons. The Morgan fingerprint density at radius 1 is 1.21 bits per heavy atom. The van der Waals surface area contributed by atoms with E-state index >= 15 is 0 Å². The van der Waals surface area contributed by atoms with E-state index in [4.69, 9.17) is 0 Å². The van der Waals surface area contributed by atoms with Crippen LogP contribution in [-0.4, -0.2) is 68.9 Å². The highest BCUT2D eigenvalue weighted by atomic mass is 32.2. The van der Waals surface area contributed by atoms with E-state index in [0.717, 1.165) is 29.8 Å². The predicted octanol–water partition coefficient (Wildman–Crippen LogP) is 2.38. The van der Waals surface area contributed by atoms with Crippen molar-refractivity contribution in [1.29, 1.82) is 0 Å². The predicted molar refractivity (Wildman–Crippen MR) is 109 cm³/mol. The van der Waals surface area contributed by atoms with Gasteiger partial charge in [-0.1, -0.05) is 26.7 Å². The van der Waals surface area contributed by atoms with Crippen LogP contribution in [0, 0.1) is 23.7 Å². The van der Waals surface area contributed by atoms with Crippen molar-refractivity contribution in [3.05, 3.63) is 10.6 Å². The first-order chi connectivity index (χ1) is 13.3. The Balaban J connectivity index is 1.36. The molecule has 0 spiro atoms. The van der Waals surface area contributed by atoms with E-state index in [9.17, 15) is 19.8 Å². The minimum atomic E-state index is -1.03. The Labute approximate surface area is 171 Å². The number of amides is 1. The number of likely N-dealkylation sites (tertiary alicyclic amines) is 1. The number of carbonyl (C=O) groups excluding carboxylic acids is 1. The molecule has 1 saturated carbocycles. The van der Waals surface area contributed by atoms with Gasteiger partial charge in [-0.05, 0) is 31.6 Å². The summed E-state index contributed by atoms with van der Waals surface area (Å²) in [4.78, 5) is 29.0. The van der Waals surface area contributed by atoms with Gasteiger partial charge in [0.2, 0.25) is 5.91 Å². The van der Waals surface area contributed by atoms with Crippen molar-refractivity contribution < 1.29 is 19.8 Å². The van der Waals surface area contributed by atoms with Crippen LogP contribution in [-0.2, 0) is 9.59 Å². The average molecular weight is 409 g/mol. The number of carboxylic acid groups (broad SMARTS) is 1. The van der Waals surface area contributed by atoms with Crippen LogP contribution < -0.4 is 0 Å². The normalized spacial score (nSPS) is 37.5. The van der Waals surface area contributed by atoms with Crippen molar-refractivity contribution in [2.45, 2.75) is 63.9 Å². The third-order valence-corrected chi connectivity index (χ3v) is 8.63. The number of carboxylic acids is 1. The maximum Gasteiger partial charge on any atom is 0.353 e. The summed E-state index contributed by atoms with van der Waals surface area (Å²) in [5.41, 5.74) is 0.157. The van der Waals surface area contributed by atoms with Gasteiger partial charge in [-0.2, -0.15) is 0 Å². The number of aliphatic hydroxyl groups excluding tert-OH is 1. The number of hydrogen-bond donors (Lipinski definition) is 2. The molecule has 1 amide bonds. The van der Waals surface area contributed by atoms with Gasteiger partial charge in [0.1, 0.15) is 5.70 Å². The van der Waals surface area contributed by atoms with Crippen molar-refractivity contribution >= 4 is 23.6 Å². The van der Waals surface area contributed by atoms with Crippen LogP contribution in [0.1, 0.15) is 46.5 Å². The second-order valence-electron chi connectivity index (χ2n) is 9.36. The highest BCUT2D eigenvalue weighted by molar-refractivity contribution is 8.03. The minimum absolute atomic E-state index is 0.0257. The number of thioether (sulfide) groups is 1. The van der Waals surface area contributed by atoms with Crippen molar-refractivity contribution in [1.82, 2.24) is 9.80 Å². The zero-order valence-electron chi connectivity index (χ0n) is 17.0. The largest absolute Gasteiger partial charge is 0.477 e. The molecule has 2 saturated heterocycles. The lowest BCUT2D eigenvalue weighted by molar-refractivity contribution is -0.163. The van der Waals surface area contributed by atoms with Gasteiger partial charge in [0.25, 0.3) is 0 Å². The van der Waals surface area contributed by atoms with Gasteiger partial charge in [-0.3, -0.25) is 4.79 Å². The topological polar surface area (TPSA) is 81.1 Å². The summed E-state index contributed by atoms with van der Waals surface area (Å²) >= 11 is 1.65. The van der Waals surface area contributed by atoms with Gasteiger partial charge in [-0.25, -0.2) is 4.79 Å². The van der Waals surface area contributed by atoms with Crippen LogP contribution in [0.3, 0.4) is 0 Å².